The van der Waals surface area contributed by atoms with Crippen LogP contribution in [0.2, 0.25) is 0 Å². The first-order valence-electron chi connectivity index (χ1n) is 11.7. The SMILES string of the molecule is C[C@H](CCOCCCn1cnc(-c2nn(C3CCCCO3)c3ccc(O)cc23)c1)CS(=O)(=O)O. The molecule has 3 heterocycles. The van der Waals surface area contributed by atoms with Gasteiger partial charge in [-0.2, -0.15) is 13.5 Å². The molecule has 1 aliphatic rings. The third kappa shape index (κ3) is 6.35. The van der Waals surface area contributed by atoms with Gasteiger partial charge in [-0.05, 0) is 56.2 Å². The molecule has 1 aromatic carbocycles. The average Bonchev–Trinajstić information content (AvgIpc) is 3.40. The molecule has 2 N–H and O–H groups in total. The molecular weight excluding hydrogens is 460 g/mol. The van der Waals surface area contributed by atoms with E-state index >= 15 is 0 Å². The summed E-state index contributed by atoms with van der Waals surface area (Å²) < 4.78 is 46.1. The molecule has 1 fully saturated rings. The standard InChI is InChI=1S/C23H32N4O6S/c1-17(15-34(29,30)31)8-12-32-10-4-9-26-14-20(24-16-26)23-19-13-18(28)6-7-21(19)27(25-23)22-5-2-3-11-33-22/h6-7,13-14,16-17,22,28H,2-5,8-12,15H2,1H3,(H,29,30,31)/t17-,22?/m1/s1. The van der Waals surface area contributed by atoms with Crippen LogP contribution in [-0.2, 0) is 26.1 Å². The summed E-state index contributed by atoms with van der Waals surface area (Å²) in [6.45, 7) is 4.19. The average molecular weight is 493 g/mol. The lowest BCUT2D eigenvalue weighted by Gasteiger charge is -2.23. The van der Waals surface area contributed by atoms with Gasteiger partial charge in [0.2, 0.25) is 0 Å². The Balaban J connectivity index is 1.35. The van der Waals surface area contributed by atoms with Gasteiger partial charge in [0.15, 0.2) is 6.23 Å². The largest absolute Gasteiger partial charge is 0.508 e. The van der Waals surface area contributed by atoms with Crippen molar-refractivity contribution < 1.29 is 27.6 Å². The third-order valence-electron chi connectivity index (χ3n) is 5.95. The minimum atomic E-state index is -3.94. The van der Waals surface area contributed by atoms with Crippen molar-refractivity contribution in [2.75, 3.05) is 25.6 Å². The molecule has 2 aromatic heterocycles. The van der Waals surface area contributed by atoms with Crippen molar-refractivity contribution in [1.29, 1.82) is 0 Å². The van der Waals surface area contributed by atoms with Crippen LogP contribution in [0.15, 0.2) is 30.7 Å². The van der Waals surface area contributed by atoms with E-state index in [0.717, 1.165) is 48.9 Å². The summed E-state index contributed by atoms with van der Waals surface area (Å²) in [7, 11) is -3.94. The maximum atomic E-state index is 10.9. The van der Waals surface area contributed by atoms with Crippen LogP contribution in [0.1, 0.15) is 45.3 Å². The molecule has 0 aliphatic carbocycles. The van der Waals surface area contributed by atoms with Crippen molar-refractivity contribution in [3.8, 4) is 17.1 Å². The number of fused-ring (bicyclic) bond motifs is 1. The number of phenolic OH excluding ortho intramolecular Hbond substituents is 1. The summed E-state index contributed by atoms with van der Waals surface area (Å²) in [5.41, 5.74) is 2.35. The van der Waals surface area contributed by atoms with Crippen molar-refractivity contribution in [2.24, 2.45) is 5.92 Å². The highest BCUT2D eigenvalue weighted by atomic mass is 32.2. The molecule has 186 valence electrons. The quantitative estimate of drug-likeness (QED) is 0.307. The monoisotopic (exact) mass is 492 g/mol. The van der Waals surface area contributed by atoms with Crippen molar-refractivity contribution in [1.82, 2.24) is 19.3 Å². The highest BCUT2D eigenvalue weighted by Gasteiger charge is 2.22. The molecule has 0 amide bonds. The number of hydrogen-bond acceptors (Lipinski definition) is 7. The number of nitrogens with zero attached hydrogens (tertiary/aromatic N) is 4. The molecule has 1 aliphatic heterocycles. The van der Waals surface area contributed by atoms with E-state index < -0.39 is 10.1 Å². The van der Waals surface area contributed by atoms with Gasteiger partial charge in [0, 0.05) is 37.9 Å². The van der Waals surface area contributed by atoms with E-state index in [2.05, 4.69) is 4.98 Å². The zero-order valence-electron chi connectivity index (χ0n) is 19.3. The van der Waals surface area contributed by atoms with Gasteiger partial charge in [-0.1, -0.05) is 6.92 Å². The van der Waals surface area contributed by atoms with Gasteiger partial charge in [0.1, 0.15) is 17.1 Å². The number of imidazole rings is 1. The van der Waals surface area contributed by atoms with Gasteiger partial charge >= 0.3 is 0 Å². The van der Waals surface area contributed by atoms with Crippen LogP contribution in [0.25, 0.3) is 22.3 Å². The van der Waals surface area contributed by atoms with E-state index in [1.54, 1.807) is 25.4 Å². The lowest BCUT2D eigenvalue weighted by Crippen LogP contribution is -2.19. The number of aromatic nitrogens is 4. The molecule has 1 saturated heterocycles. The predicted molar refractivity (Wildman–Crippen MR) is 127 cm³/mol. The molecule has 0 radical (unpaired) electrons. The van der Waals surface area contributed by atoms with Gasteiger partial charge in [-0.15, -0.1) is 0 Å². The molecule has 0 saturated carbocycles. The van der Waals surface area contributed by atoms with Crippen LogP contribution >= 0.6 is 0 Å². The minimum Gasteiger partial charge on any atom is -0.508 e. The number of benzene rings is 1. The lowest BCUT2D eigenvalue weighted by molar-refractivity contribution is -0.0365. The van der Waals surface area contributed by atoms with Crippen molar-refractivity contribution in [3.63, 3.8) is 0 Å². The molecule has 0 bridgehead atoms. The second-order valence-corrected chi connectivity index (χ2v) is 10.4. The van der Waals surface area contributed by atoms with Crippen molar-refractivity contribution in [2.45, 2.75) is 51.8 Å². The van der Waals surface area contributed by atoms with Crippen LogP contribution in [0, 0.1) is 5.92 Å². The number of rotatable bonds is 11. The number of phenols is 1. The fourth-order valence-electron chi connectivity index (χ4n) is 4.24. The summed E-state index contributed by atoms with van der Waals surface area (Å²) in [6.07, 6.45) is 7.97. The first kappa shape index (κ1) is 24.6. The van der Waals surface area contributed by atoms with Crippen LogP contribution in [-0.4, -0.2) is 63.0 Å². The summed E-state index contributed by atoms with van der Waals surface area (Å²) in [6, 6.07) is 5.24. The molecule has 0 spiro atoms. The maximum Gasteiger partial charge on any atom is 0.265 e. The number of hydrogen-bond donors (Lipinski definition) is 2. The molecule has 4 rings (SSSR count). The number of ether oxygens (including phenoxy) is 2. The summed E-state index contributed by atoms with van der Waals surface area (Å²) in [4.78, 5) is 4.54. The molecule has 1 unspecified atom stereocenters. The first-order chi connectivity index (χ1) is 16.3. The van der Waals surface area contributed by atoms with E-state index in [-0.39, 0.29) is 23.6 Å². The van der Waals surface area contributed by atoms with Crippen LogP contribution in [0.4, 0.5) is 0 Å². The topological polar surface area (TPSA) is 129 Å². The summed E-state index contributed by atoms with van der Waals surface area (Å²) >= 11 is 0. The van der Waals surface area contributed by atoms with Gasteiger partial charge in [-0.25, -0.2) is 9.67 Å². The predicted octanol–water partition coefficient (Wildman–Crippen LogP) is 3.63. The smallest absolute Gasteiger partial charge is 0.265 e. The molecular formula is C23H32N4O6S. The minimum absolute atomic E-state index is 0.117. The van der Waals surface area contributed by atoms with Crippen LogP contribution < -0.4 is 0 Å². The Morgan fingerprint density at radius 1 is 1.29 bits per heavy atom. The zero-order chi connectivity index (χ0) is 24.1. The van der Waals surface area contributed by atoms with Gasteiger partial charge in [-0.3, -0.25) is 4.55 Å². The van der Waals surface area contributed by atoms with E-state index in [9.17, 15) is 13.5 Å². The second kappa shape index (κ2) is 10.9. The third-order valence-corrected chi connectivity index (χ3v) is 6.94. The molecule has 34 heavy (non-hydrogen) atoms. The molecule has 11 heteroatoms. The molecule has 3 aromatic rings. The summed E-state index contributed by atoms with van der Waals surface area (Å²) in [5, 5.41) is 15.7. The van der Waals surface area contributed by atoms with Gasteiger partial charge < -0.3 is 19.1 Å². The Bertz CT molecular complexity index is 1200. The Kier molecular flexibility index (Phi) is 7.87. The van der Waals surface area contributed by atoms with Crippen LogP contribution in [0.3, 0.4) is 0 Å². The summed E-state index contributed by atoms with van der Waals surface area (Å²) in [5.74, 6) is -0.219. The van der Waals surface area contributed by atoms with E-state index in [4.69, 9.17) is 19.1 Å². The second-order valence-electron chi connectivity index (χ2n) is 8.92. The fourth-order valence-corrected chi connectivity index (χ4v) is 5.12. The van der Waals surface area contributed by atoms with E-state index in [1.807, 2.05) is 21.5 Å². The maximum absolute atomic E-state index is 10.9. The number of aromatic hydroxyl groups is 1. The van der Waals surface area contributed by atoms with Gasteiger partial charge in [0.25, 0.3) is 10.1 Å². The number of aryl methyl sites for hydroxylation is 1. The Hall–Kier alpha value is -2.47. The molecule has 10 nitrogen and oxygen atoms in total. The van der Waals surface area contributed by atoms with Crippen LogP contribution in [0.5, 0.6) is 5.75 Å². The fraction of sp³-hybridized carbons (Fsp3) is 0.565. The van der Waals surface area contributed by atoms with E-state index in [0.29, 0.717) is 31.9 Å². The van der Waals surface area contributed by atoms with E-state index in [1.165, 1.54) is 0 Å². The van der Waals surface area contributed by atoms with Gasteiger partial charge in [0.05, 0.1) is 17.6 Å². The highest BCUT2D eigenvalue weighted by Crippen LogP contribution is 2.33. The highest BCUT2D eigenvalue weighted by molar-refractivity contribution is 7.85. The normalized spacial score (nSPS) is 17.9. The Labute approximate surface area is 199 Å². The Morgan fingerprint density at radius 2 is 2.15 bits per heavy atom. The Morgan fingerprint density at radius 3 is 2.91 bits per heavy atom. The zero-order valence-corrected chi connectivity index (χ0v) is 20.2. The molecule has 2 atom stereocenters. The van der Waals surface area contributed by atoms with Crippen molar-refractivity contribution in [3.05, 3.63) is 30.7 Å². The van der Waals surface area contributed by atoms with Crippen molar-refractivity contribution >= 4 is 21.0 Å². The first-order valence-corrected chi connectivity index (χ1v) is 13.3. The lowest BCUT2D eigenvalue weighted by atomic mass is 10.1.